The predicted molar refractivity (Wildman–Crippen MR) is 111 cm³/mol. The van der Waals surface area contributed by atoms with Gasteiger partial charge in [-0.2, -0.15) is 0 Å². The first-order chi connectivity index (χ1) is 13.6. The molecule has 3 aromatic rings. The SMILES string of the molecule is COc1ccc(-n2c(N(C)C)nc3cc(C(=O)NC[C@H]4CCCO4)sc32)cc1. The zero-order valence-electron chi connectivity index (χ0n) is 16.3. The molecule has 7 nitrogen and oxygen atoms in total. The van der Waals surface area contributed by atoms with E-state index in [1.54, 1.807) is 7.11 Å². The summed E-state index contributed by atoms with van der Waals surface area (Å²) in [4.78, 5) is 20.9. The molecule has 0 radical (unpaired) electrons. The Hall–Kier alpha value is -2.58. The predicted octanol–water partition coefficient (Wildman–Crippen LogP) is 3.07. The molecule has 0 bridgehead atoms. The minimum atomic E-state index is -0.0776. The van der Waals surface area contributed by atoms with Gasteiger partial charge in [0.1, 0.15) is 16.1 Å². The quantitative estimate of drug-likeness (QED) is 0.689. The molecule has 0 spiro atoms. The molecule has 1 aromatic carbocycles. The van der Waals surface area contributed by atoms with Crippen molar-refractivity contribution in [3.8, 4) is 11.4 Å². The van der Waals surface area contributed by atoms with E-state index in [9.17, 15) is 4.79 Å². The van der Waals surface area contributed by atoms with Gasteiger partial charge in [0, 0.05) is 27.2 Å². The van der Waals surface area contributed by atoms with Gasteiger partial charge in [0.15, 0.2) is 0 Å². The second-order valence-electron chi connectivity index (χ2n) is 6.99. The average Bonchev–Trinajstić information content (AvgIpc) is 3.41. The molecule has 3 heterocycles. The number of amides is 1. The molecule has 1 aliphatic rings. The maximum absolute atomic E-state index is 12.6. The Morgan fingerprint density at radius 1 is 1.39 bits per heavy atom. The van der Waals surface area contributed by atoms with Crippen molar-refractivity contribution in [3.05, 3.63) is 35.2 Å². The van der Waals surface area contributed by atoms with Crippen LogP contribution in [0.2, 0.25) is 0 Å². The molecule has 1 fully saturated rings. The molecule has 4 rings (SSSR count). The molecule has 28 heavy (non-hydrogen) atoms. The number of nitrogens with zero attached hydrogens (tertiary/aromatic N) is 3. The van der Waals surface area contributed by atoms with Crippen LogP contribution in [0.25, 0.3) is 16.0 Å². The van der Waals surface area contributed by atoms with Crippen molar-refractivity contribution in [2.75, 3.05) is 39.3 Å². The van der Waals surface area contributed by atoms with Gasteiger partial charge in [0.2, 0.25) is 5.95 Å². The number of anilines is 1. The average molecular weight is 401 g/mol. The van der Waals surface area contributed by atoms with Crippen LogP contribution in [0.5, 0.6) is 5.75 Å². The van der Waals surface area contributed by atoms with E-state index in [1.807, 2.05) is 49.3 Å². The third kappa shape index (κ3) is 3.57. The lowest BCUT2D eigenvalue weighted by molar-refractivity contribution is 0.0861. The third-order valence-corrected chi connectivity index (χ3v) is 5.89. The van der Waals surface area contributed by atoms with Crippen LogP contribution in [-0.2, 0) is 4.74 Å². The van der Waals surface area contributed by atoms with Crippen LogP contribution < -0.4 is 15.0 Å². The molecule has 1 atom stereocenters. The number of carbonyl (C=O) groups excluding carboxylic acids is 1. The maximum atomic E-state index is 12.6. The zero-order chi connectivity index (χ0) is 19.7. The number of imidazole rings is 1. The van der Waals surface area contributed by atoms with Crippen molar-refractivity contribution < 1.29 is 14.3 Å². The highest BCUT2D eigenvalue weighted by Crippen LogP contribution is 2.33. The number of carbonyl (C=O) groups is 1. The first-order valence-electron chi connectivity index (χ1n) is 9.30. The fraction of sp³-hybridized carbons (Fsp3) is 0.400. The van der Waals surface area contributed by atoms with Gasteiger partial charge >= 0.3 is 0 Å². The van der Waals surface area contributed by atoms with Crippen molar-refractivity contribution in [3.63, 3.8) is 0 Å². The van der Waals surface area contributed by atoms with Crippen molar-refractivity contribution in [1.29, 1.82) is 0 Å². The Labute approximate surface area is 167 Å². The summed E-state index contributed by atoms with van der Waals surface area (Å²) in [7, 11) is 5.57. The zero-order valence-corrected chi connectivity index (χ0v) is 17.1. The second-order valence-corrected chi connectivity index (χ2v) is 8.02. The van der Waals surface area contributed by atoms with E-state index < -0.39 is 0 Å². The molecular weight excluding hydrogens is 376 g/mol. The normalized spacial score (nSPS) is 16.5. The van der Waals surface area contributed by atoms with E-state index in [0.717, 1.165) is 47.2 Å². The molecule has 0 saturated carbocycles. The van der Waals surface area contributed by atoms with Gasteiger partial charge < -0.3 is 19.7 Å². The van der Waals surface area contributed by atoms with E-state index >= 15 is 0 Å². The van der Waals surface area contributed by atoms with Gasteiger partial charge in [-0.05, 0) is 43.2 Å². The number of nitrogens with one attached hydrogen (secondary N) is 1. The molecule has 1 amide bonds. The highest BCUT2D eigenvalue weighted by Gasteiger charge is 2.21. The summed E-state index contributed by atoms with van der Waals surface area (Å²) in [6.07, 6.45) is 2.19. The summed E-state index contributed by atoms with van der Waals surface area (Å²) in [5.74, 6) is 1.54. The number of ether oxygens (including phenoxy) is 2. The summed E-state index contributed by atoms with van der Waals surface area (Å²) in [5.41, 5.74) is 1.78. The van der Waals surface area contributed by atoms with E-state index in [1.165, 1.54) is 11.3 Å². The Balaban J connectivity index is 1.65. The lowest BCUT2D eigenvalue weighted by Gasteiger charge is -2.15. The maximum Gasteiger partial charge on any atom is 0.261 e. The monoisotopic (exact) mass is 400 g/mol. The molecule has 148 valence electrons. The van der Waals surface area contributed by atoms with Crippen LogP contribution in [0.15, 0.2) is 30.3 Å². The van der Waals surface area contributed by atoms with Crippen LogP contribution in [-0.4, -0.2) is 55.9 Å². The summed E-state index contributed by atoms with van der Waals surface area (Å²) >= 11 is 1.45. The number of hydrogen-bond acceptors (Lipinski definition) is 6. The molecule has 2 aromatic heterocycles. The lowest BCUT2D eigenvalue weighted by Crippen LogP contribution is -2.31. The van der Waals surface area contributed by atoms with E-state index in [-0.39, 0.29) is 12.0 Å². The number of hydrogen-bond donors (Lipinski definition) is 1. The Morgan fingerprint density at radius 2 is 2.18 bits per heavy atom. The highest BCUT2D eigenvalue weighted by molar-refractivity contribution is 7.20. The summed E-state index contributed by atoms with van der Waals surface area (Å²) in [5, 5.41) is 2.99. The number of aromatic nitrogens is 2. The van der Waals surface area contributed by atoms with Gasteiger partial charge in [0.05, 0.1) is 23.8 Å². The molecular formula is C20H24N4O3S. The highest BCUT2D eigenvalue weighted by atomic mass is 32.1. The van der Waals surface area contributed by atoms with Crippen molar-refractivity contribution in [1.82, 2.24) is 14.9 Å². The van der Waals surface area contributed by atoms with Crippen molar-refractivity contribution in [2.45, 2.75) is 18.9 Å². The fourth-order valence-corrected chi connectivity index (χ4v) is 4.37. The first-order valence-corrected chi connectivity index (χ1v) is 10.1. The topological polar surface area (TPSA) is 68.6 Å². The van der Waals surface area contributed by atoms with E-state index in [0.29, 0.717) is 11.4 Å². The lowest BCUT2D eigenvalue weighted by atomic mass is 10.2. The van der Waals surface area contributed by atoms with E-state index in [2.05, 4.69) is 9.88 Å². The third-order valence-electron chi connectivity index (χ3n) is 4.79. The minimum absolute atomic E-state index is 0.0776. The van der Waals surface area contributed by atoms with Crippen LogP contribution in [0, 0.1) is 0 Å². The van der Waals surface area contributed by atoms with Gasteiger partial charge in [-0.3, -0.25) is 9.36 Å². The summed E-state index contributed by atoms with van der Waals surface area (Å²) in [6, 6.07) is 9.68. The van der Waals surface area contributed by atoms with Crippen molar-refractivity contribution in [2.24, 2.45) is 0 Å². The van der Waals surface area contributed by atoms with E-state index in [4.69, 9.17) is 14.5 Å². The molecule has 1 saturated heterocycles. The Morgan fingerprint density at radius 3 is 2.82 bits per heavy atom. The number of fused-ring (bicyclic) bond motifs is 1. The number of thiophene rings is 1. The Bertz CT molecular complexity index is 971. The van der Waals surface area contributed by atoms with Gasteiger partial charge in [-0.1, -0.05) is 0 Å². The standard InChI is InChI=1S/C20H24N4O3S/c1-23(2)20-22-16-11-17(18(25)21-12-15-5-4-10-27-15)28-19(16)24(20)13-6-8-14(26-3)9-7-13/h6-9,11,15H,4-5,10,12H2,1-3H3,(H,21,25)/t15-/m1/s1. The van der Waals surface area contributed by atoms with Crippen LogP contribution >= 0.6 is 11.3 Å². The minimum Gasteiger partial charge on any atom is -0.497 e. The first kappa shape index (κ1) is 18.8. The second kappa shape index (κ2) is 7.81. The van der Waals surface area contributed by atoms with Gasteiger partial charge in [0.25, 0.3) is 5.91 Å². The molecule has 8 heteroatoms. The number of rotatable bonds is 6. The van der Waals surface area contributed by atoms with Crippen LogP contribution in [0.4, 0.5) is 5.95 Å². The van der Waals surface area contributed by atoms with Crippen LogP contribution in [0.3, 0.4) is 0 Å². The molecule has 1 N–H and O–H groups in total. The number of methoxy groups -OCH3 is 1. The van der Waals surface area contributed by atoms with Crippen LogP contribution in [0.1, 0.15) is 22.5 Å². The fourth-order valence-electron chi connectivity index (χ4n) is 3.34. The summed E-state index contributed by atoms with van der Waals surface area (Å²) < 4.78 is 12.9. The van der Waals surface area contributed by atoms with Gasteiger partial charge in [-0.25, -0.2) is 4.98 Å². The molecule has 1 aliphatic heterocycles. The Kier molecular flexibility index (Phi) is 5.23. The summed E-state index contributed by atoms with van der Waals surface area (Å²) in [6.45, 7) is 1.34. The van der Waals surface area contributed by atoms with Crippen molar-refractivity contribution >= 4 is 33.5 Å². The van der Waals surface area contributed by atoms with Gasteiger partial charge in [-0.15, -0.1) is 11.3 Å². The largest absolute Gasteiger partial charge is 0.497 e. The smallest absolute Gasteiger partial charge is 0.261 e. The molecule has 0 unspecified atom stereocenters. The number of benzene rings is 1. The molecule has 0 aliphatic carbocycles.